The number of nitrogens with zero attached hydrogens (tertiary/aromatic N) is 4. The summed E-state index contributed by atoms with van der Waals surface area (Å²) in [5.74, 6) is 2.40. The van der Waals surface area contributed by atoms with Crippen molar-refractivity contribution in [3.05, 3.63) is 106 Å². The number of rotatable bonds is 4. The van der Waals surface area contributed by atoms with Crippen molar-refractivity contribution >= 4 is 29.1 Å². The number of amides is 1. The molecule has 0 bridgehead atoms. The number of carbonyl (C=O) groups is 1. The van der Waals surface area contributed by atoms with Gasteiger partial charge in [0, 0.05) is 33.1 Å². The van der Waals surface area contributed by atoms with Crippen molar-refractivity contribution in [1.29, 1.82) is 0 Å². The van der Waals surface area contributed by atoms with Gasteiger partial charge in [0.25, 0.3) is 5.91 Å². The van der Waals surface area contributed by atoms with E-state index in [1.54, 1.807) is 49.1 Å². The molecule has 9 nitrogen and oxygen atoms in total. The summed E-state index contributed by atoms with van der Waals surface area (Å²) in [6, 6.07) is 15.3. The smallest absolute Gasteiger partial charge is 0.258 e. The number of fused-ring (bicyclic) bond motifs is 2. The van der Waals surface area contributed by atoms with Gasteiger partial charge in [-0.2, -0.15) is 0 Å². The number of aromatic nitrogens is 4. The van der Waals surface area contributed by atoms with E-state index in [9.17, 15) is 4.79 Å². The molecule has 2 aromatic heterocycles. The lowest BCUT2D eigenvalue weighted by atomic mass is 9.85. The van der Waals surface area contributed by atoms with Gasteiger partial charge in [0.2, 0.25) is 0 Å². The Bertz CT molecular complexity index is 1970. The second-order valence-corrected chi connectivity index (χ2v) is 13.6. The first kappa shape index (κ1) is 31.9. The van der Waals surface area contributed by atoms with Crippen molar-refractivity contribution < 1.29 is 14.3 Å². The largest absolute Gasteiger partial charge is 0.492 e. The maximum absolute atomic E-state index is 12.4. The lowest BCUT2D eigenvalue weighted by Crippen LogP contribution is -2.18. The summed E-state index contributed by atoms with van der Waals surface area (Å²) >= 11 is 6.07. The number of hydrogen-bond acceptors (Lipinski definition) is 8. The van der Waals surface area contributed by atoms with Gasteiger partial charge in [0.15, 0.2) is 5.82 Å². The van der Waals surface area contributed by atoms with E-state index in [4.69, 9.17) is 26.8 Å². The summed E-state index contributed by atoms with van der Waals surface area (Å²) < 4.78 is 11.6. The molecule has 0 radical (unpaired) electrons. The summed E-state index contributed by atoms with van der Waals surface area (Å²) in [6.07, 6.45) is 6.52. The first-order valence-corrected chi connectivity index (χ1v) is 15.7. The highest BCUT2D eigenvalue weighted by Crippen LogP contribution is 2.43. The molecule has 0 aliphatic carbocycles. The topological polar surface area (TPSA) is 125 Å². The van der Waals surface area contributed by atoms with Crippen LogP contribution in [0.1, 0.15) is 60.3 Å². The lowest BCUT2D eigenvalue weighted by Gasteiger charge is -2.16. The fourth-order valence-corrected chi connectivity index (χ4v) is 5.94. The van der Waals surface area contributed by atoms with Gasteiger partial charge >= 0.3 is 0 Å². The van der Waals surface area contributed by atoms with Crippen LogP contribution in [0.5, 0.6) is 11.5 Å². The van der Waals surface area contributed by atoms with E-state index in [0.717, 1.165) is 51.7 Å². The molecule has 1 amide bonds. The van der Waals surface area contributed by atoms with Crippen molar-refractivity contribution in [3.8, 4) is 34.0 Å². The Morgan fingerprint density at radius 1 is 0.766 bits per heavy atom. The van der Waals surface area contributed by atoms with Crippen LogP contribution in [0.2, 0.25) is 5.02 Å². The Labute approximate surface area is 279 Å². The third kappa shape index (κ3) is 6.49. The van der Waals surface area contributed by atoms with Crippen molar-refractivity contribution in [2.24, 2.45) is 0 Å². The average molecular weight is 649 g/mol. The van der Waals surface area contributed by atoms with Gasteiger partial charge < -0.3 is 20.5 Å². The first-order valence-electron chi connectivity index (χ1n) is 15.3. The minimum Gasteiger partial charge on any atom is -0.492 e. The fraction of sp³-hybridized carbons (Fsp3) is 0.270. The summed E-state index contributed by atoms with van der Waals surface area (Å²) in [5.41, 5.74) is 14.3. The van der Waals surface area contributed by atoms with Gasteiger partial charge in [-0.25, -0.2) is 9.97 Å². The molecule has 7 rings (SSSR count). The molecular formula is C37H37ClN6O3. The minimum atomic E-state index is -0.319. The zero-order valence-electron chi connectivity index (χ0n) is 27.3. The normalized spacial score (nSPS) is 15.0. The molecule has 3 aromatic carbocycles. The quantitative estimate of drug-likeness (QED) is 0.203. The molecule has 5 aromatic rings. The summed E-state index contributed by atoms with van der Waals surface area (Å²) in [6.45, 7) is 14.2. The van der Waals surface area contributed by atoms with E-state index in [1.165, 1.54) is 11.1 Å². The molecule has 3 N–H and O–H groups in total. The van der Waals surface area contributed by atoms with Crippen LogP contribution in [0, 0.1) is 13.8 Å². The van der Waals surface area contributed by atoms with Crippen LogP contribution in [0.3, 0.4) is 0 Å². The molecule has 0 fully saturated rings. The van der Waals surface area contributed by atoms with Crippen molar-refractivity contribution in [3.63, 3.8) is 0 Å². The van der Waals surface area contributed by atoms with Gasteiger partial charge in [0.1, 0.15) is 17.3 Å². The molecule has 0 atom stereocenters. The summed E-state index contributed by atoms with van der Waals surface area (Å²) in [4.78, 5) is 29.7. The minimum absolute atomic E-state index is 0.0337. The Kier molecular flexibility index (Phi) is 8.36. The van der Waals surface area contributed by atoms with Gasteiger partial charge in [-0.05, 0) is 61.4 Å². The first-order chi connectivity index (χ1) is 22.3. The zero-order valence-corrected chi connectivity index (χ0v) is 28.1. The van der Waals surface area contributed by atoms with Crippen molar-refractivity contribution in [2.75, 3.05) is 24.3 Å². The van der Waals surface area contributed by atoms with E-state index in [2.05, 4.69) is 78.1 Å². The number of halogens is 1. The van der Waals surface area contributed by atoms with Gasteiger partial charge in [-0.3, -0.25) is 14.8 Å². The van der Waals surface area contributed by atoms with Crippen LogP contribution in [0.4, 0.5) is 11.6 Å². The molecule has 0 spiro atoms. The number of ether oxygens (including phenoxy) is 2. The Hall–Kier alpha value is -5.02. The van der Waals surface area contributed by atoms with E-state index < -0.39 is 0 Å². The van der Waals surface area contributed by atoms with Gasteiger partial charge in [-0.15, -0.1) is 0 Å². The molecule has 2 aliphatic heterocycles. The van der Waals surface area contributed by atoms with Crippen molar-refractivity contribution in [1.82, 2.24) is 19.9 Å². The number of aryl methyl sites for hydroxylation is 2. The number of anilines is 2. The monoisotopic (exact) mass is 648 g/mol. The Morgan fingerprint density at radius 2 is 1.30 bits per heavy atom. The molecule has 47 heavy (non-hydrogen) atoms. The fourth-order valence-electron chi connectivity index (χ4n) is 5.72. The number of benzene rings is 3. The highest BCUT2D eigenvalue weighted by atomic mass is 35.5. The van der Waals surface area contributed by atoms with Gasteiger partial charge in [0.05, 0.1) is 60.0 Å². The second-order valence-electron chi connectivity index (χ2n) is 13.2. The average Bonchev–Trinajstić information content (AvgIpc) is 3.50. The van der Waals surface area contributed by atoms with E-state index in [-0.39, 0.29) is 16.7 Å². The standard InChI is InChI=1S/C22H20ClN3O2.C15H17N3O/c1-13-8-19-16(22(2,3)12-28-19)9-15(13)18-10-25-20(11-24-18)26-21(27)14-6-4-5-7-17(14)23;1-9-4-13-11(15(2,3)8-19-13)5-10(9)12-6-18-14(16)7-17-12/h4-11H,12H2,1-3H3,(H,25,26,27);4-7H,8H2,1-3H3,(H2,16,18). The molecule has 0 saturated carbocycles. The van der Waals surface area contributed by atoms with E-state index >= 15 is 0 Å². The van der Waals surface area contributed by atoms with Crippen molar-refractivity contribution in [2.45, 2.75) is 52.4 Å². The molecule has 0 saturated heterocycles. The molecule has 0 unspecified atom stereocenters. The highest BCUT2D eigenvalue weighted by Gasteiger charge is 2.33. The van der Waals surface area contributed by atoms with Gasteiger partial charge in [-0.1, -0.05) is 51.4 Å². The maximum Gasteiger partial charge on any atom is 0.258 e. The lowest BCUT2D eigenvalue weighted by molar-refractivity contribution is 0.102. The predicted molar refractivity (Wildman–Crippen MR) is 185 cm³/mol. The van der Waals surface area contributed by atoms with Crippen LogP contribution >= 0.6 is 11.6 Å². The molecule has 240 valence electrons. The SMILES string of the molecule is Cc1cc2c(cc1-c1cnc(N)cn1)C(C)(C)CO2.Cc1cc2c(cc1-c1cnc(NC(=O)c3ccccc3Cl)cn1)C(C)(C)CO2. The number of hydrogen-bond donors (Lipinski definition) is 2. The van der Waals surface area contributed by atoms with Crippen LogP contribution in [0.25, 0.3) is 22.5 Å². The number of nitrogens with two attached hydrogens (primary N) is 1. The summed E-state index contributed by atoms with van der Waals surface area (Å²) in [7, 11) is 0. The second kappa shape index (κ2) is 12.3. The van der Waals surface area contributed by atoms with Crippen LogP contribution in [0.15, 0.2) is 73.3 Å². The summed E-state index contributed by atoms with van der Waals surface area (Å²) in [5, 5.41) is 3.12. The Balaban J connectivity index is 0.000000177. The number of nitrogen functional groups attached to an aromatic ring is 1. The molecule has 4 heterocycles. The zero-order chi connectivity index (χ0) is 33.5. The number of nitrogens with one attached hydrogen (secondary N) is 1. The molecular weight excluding hydrogens is 612 g/mol. The third-order valence-corrected chi connectivity index (χ3v) is 8.85. The highest BCUT2D eigenvalue weighted by molar-refractivity contribution is 6.34. The maximum atomic E-state index is 12.4. The third-order valence-electron chi connectivity index (χ3n) is 8.52. The predicted octanol–water partition coefficient (Wildman–Crippen LogP) is 7.73. The van der Waals surface area contributed by atoms with E-state index in [1.807, 2.05) is 13.0 Å². The molecule has 10 heteroatoms. The van der Waals surface area contributed by atoms with E-state index in [0.29, 0.717) is 28.8 Å². The molecule has 2 aliphatic rings. The Morgan fingerprint density at radius 3 is 1.79 bits per heavy atom. The number of carbonyl (C=O) groups excluding carboxylic acids is 1. The van der Waals surface area contributed by atoms with Crippen LogP contribution in [-0.4, -0.2) is 39.1 Å². The van der Waals surface area contributed by atoms with Crippen LogP contribution < -0.4 is 20.5 Å². The van der Waals surface area contributed by atoms with Crippen LogP contribution in [-0.2, 0) is 10.8 Å².